The van der Waals surface area contributed by atoms with E-state index in [-0.39, 0.29) is 0 Å². The minimum absolute atomic E-state index is 0.570. The lowest BCUT2D eigenvalue weighted by molar-refractivity contribution is 0.214. The first-order valence-electron chi connectivity index (χ1n) is 6.31. The van der Waals surface area contributed by atoms with Gasteiger partial charge in [-0.25, -0.2) is 9.97 Å². The molecule has 1 aliphatic rings. The molecule has 0 aliphatic carbocycles. The number of hydrogen-bond acceptors (Lipinski definition) is 5. The fourth-order valence-electron chi connectivity index (χ4n) is 2.32. The summed E-state index contributed by atoms with van der Waals surface area (Å²) in [6.07, 6.45) is 5.72. The standard InChI is InChI=1S/C12H17N5O/c1-17-11-10(6-16-17)12(15-8-14-11)18-7-9-3-2-4-13-5-9/h6,8-9,13H,2-5,7H2,1H3. The molecule has 96 valence electrons. The van der Waals surface area contributed by atoms with Crippen molar-refractivity contribution in [2.24, 2.45) is 13.0 Å². The van der Waals surface area contributed by atoms with Crippen LogP contribution in [0, 0.1) is 5.92 Å². The van der Waals surface area contributed by atoms with E-state index in [1.54, 1.807) is 10.9 Å². The maximum absolute atomic E-state index is 5.83. The van der Waals surface area contributed by atoms with Crippen molar-refractivity contribution in [2.75, 3.05) is 19.7 Å². The molecule has 1 aliphatic heterocycles. The van der Waals surface area contributed by atoms with Gasteiger partial charge in [0.15, 0.2) is 5.65 Å². The Labute approximate surface area is 105 Å². The fraction of sp³-hybridized carbons (Fsp3) is 0.583. The third-order valence-corrected chi connectivity index (χ3v) is 3.35. The maximum atomic E-state index is 5.83. The number of nitrogens with one attached hydrogen (secondary N) is 1. The van der Waals surface area contributed by atoms with Gasteiger partial charge in [-0.3, -0.25) is 4.68 Å². The number of ether oxygens (including phenoxy) is 1. The molecule has 1 fully saturated rings. The lowest BCUT2D eigenvalue weighted by atomic mass is 10.0. The summed E-state index contributed by atoms with van der Waals surface area (Å²) in [7, 11) is 1.87. The number of fused-ring (bicyclic) bond motifs is 1. The molecule has 0 saturated carbocycles. The molecular formula is C12H17N5O. The number of aromatic nitrogens is 4. The molecule has 1 unspecified atom stereocenters. The van der Waals surface area contributed by atoms with Crippen LogP contribution in [0.1, 0.15) is 12.8 Å². The zero-order valence-electron chi connectivity index (χ0n) is 10.5. The summed E-state index contributed by atoms with van der Waals surface area (Å²) in [5.41, 5.74) is 0.807. The van der Waals surface area contributed by atoms with Gasteiger partial charge >= 0.3 is 0 Å². The zero-order chi connectivity index (χ0) is 12.4. The molecule has 6 heteroatoms. The van der Waals surface area contributed by atoms with Crippen molar-refractivity contribution >= 4 is 11.0 Å². The van der Waals surface area contributed by atoms with Crippen LogP contribution < -0.4 is 10.1 Å². The Balaban J connectivity index is 1.74. The SMILES string of the molecule is Cn1ncc2c(OCC3CCCNC3)ncnc21. The molecule has 18 heavy (non-hydrogen) atoms. The predicted molar refractivity (Wildman–Crippen MR) is 67.4 cm³/mol. The van der Waals surface area contributed by atoms with Gasteiger partial charge in [-0.1, -0.05) is 0 Å². The van der Waals surface area contributed by atoms with Crippen LogP contribution in [0.25, 0.3) is 11.0 Å². The van der Waals surface area contributed by atoms with Gasteiger partial charge in [0, 0.05) is 19.5 Å². The van der Waals surface area contributed by atoms with Gasteiger partial charge in [0.05, 0.1) is 12.8 Å². The van der Waals surface area contributed by atoms with Crippen molar-refractivity contribution in [3.05, 3.63) is 12.5 Å². The maximum Gasteiger partial charge on any atom is 0.227 e. The number of nitrogens with zero attached hydrogens (tertiary/aromatic N) is 4. The average Bonchev–Trinajstić information content (AvgIpc) is 2.80. The molecule has 1 atom stereocenters. The fourth-order valence-corrected chi connectivity index (χ4v) is 2.32. The van der Waals surface area contributed by atoms with Crippen LogP contribution in [0.5, 0.6) is 5.88 Å². The predicted octanol–water partition coefficient (Wildman–Crippen LogP) is 0.742. The minimum atomic E-state index is 0.570. The van der Waals surface area contributed by atoms with Gasteiger partial charge in [0.1, 0.15) is 11.7 Å². The second-order valence-corrected chi connectivity index (χ2v) is 4.71. The Kier molecular flexibility index (Phi) is 3.10. The lowest BCUT2D eigenvalue weighted by Gasteiger charge is -2.22. The second kappa shape index (κ2) is 4.89. The normalized spacial score (nSPS) is 20.2. The van der Waals surface area contributed by atoms with Crippen LogP contribution in [0.2, 0.25) is 0 Å². The van der Waals surface area contributed by atoms with Gasteiger partial charge < -0.3 is 10.1 Å². The van der Waals surface area contributed by atoms with Gasteiger partial charge in [-0.05, 0) is 19.4 Å². The molecular weight excluding hydrogens is 230 g/mol. The molecule has 2 aromatic rings. The van der Waals surface area contributed by atoms with E-state index in [2.05, 4.69) is 20.4 Å². The van der Waals surface area contributed by atoms with Crippen molar-refractivity contribution < 1.29 is 4.74 Å². The molecule has 3 rings (SSSR count). The van der Waals surface area contributed by atoms with Crippen molar-refractivity contribution in [3.63, 3.8) is 0 Å². The van der Waals surface area contributed by atoms with E-state index in [9.17, 15) is 0 Å². The van der Waals surface area contributed by atoms with Crippen molar-refractivity contribution in [3.8, 4) is 5.88 Å². The van der Waals surface area contributed by atoms with E-state index in [4.69, 9.17) is 4.74 Å². The van der Waals surface area contributed by atoms with Crippen LogP contribution in [0.15, 0.2) is 12.5 Å². The molecule has 2 aromatic heterocycles. The Hall–Kier alpha value is -1.69. The molecule has 1 saturated heterocycles. The first kappa shape index (κ1) is 11.4. The Morgan fingerprint density at radius 3 is 3.28 bits per heavy atom. The highest BCUT2D eigenvalue weighted by Crippen LogP contribution is 2.21. The van der Waals surface area contributed by atoms with E-state index < -0.39 is 0 Å². The largest absolute Gasteiger partial charge is 0.477 e. The third kappa shape index (κ3) is 2.15. The topological polar surface area (TPSA) is 64.9 Å². The highest BCUT2D eigenvalue weighted by molar-refractivity contribution is 5.79. The Bertz CT molecular complexity index is 532. The number of rotatable bonds is 3. The second-order valence-electron chi connectivity index (χ2n) is 4.71. The number of aryl methyl sites for hydroxylation is 1. The van der Waals surface area contributed by atoms with Gasteiger partial charge in [-0.2, -0.15) is 5.10 Å². The molecule has 0 aromatic carbocycles. The summed E-state index contributed by atoms with van der Waals surface area (Å²) >= 11 is 0. The molecule has 0 radical (unpaired) electrons. The Morgan fingerprint density at radius 2 is 2.44 bits per heavy atom. The summed E-state index contributed by atoms with van der Waals surface area (Å²) in [5, 5.41) is 8.43. The van der Waals surface area contributed by atoms with Crippen molar-refractivity contribution in [1.29, 1.82) is 0 Å². The van der Waals surface area contributed by atoms with Crippen LogP contribution in [0.3, 0.4) is 0 Å². The summed E-state index contributed by atoms with van der Waals surface area (Å²) < 4.78 is 7.56. The molecule has 3 heterocycles. The van der Waals surface area contributed by atoms with Crippen LogP contribution >= 0.6 is 0 Å². The third-order valence-electron chi connectivity index (χ3n) is 3.35. The quantitative estimate of drug-likeness (QED) is 0.866. The lowest BCUT2D eigenvalue weighted by Crippen LogP contribution is -2.33. The number of hydrogen-bond donors (Lipinski definition) is 1. The van der Waals surface area contributed by atoms with Crippen LogP contribution in [-0.2, 0) is 7.05 Å². The zero-order valence-corrected chi connectivity index (χ0v) is 10.5. The minimum Gasteiger partial charge on any atom is -0.477 e. The van der Waals surface area contributed by atoms with E-state index >= 15 is 0 Å². The molecule has 0 bridgehead atoms. The van der Waals surface area contributed by atoms with Crippen LogP contribution in [0.4, 0.5) is 0 Å². The average molecular weight is 247 g/mol. The van der Waals surface area contributed by atoms with Gasteiger partial charge in [-0.15, -0.1) is 0 Å². The van der Waals surface area contributed by atoms with Crippen molar-refractivity contribution in [1.82, 2.24) is 25.1 Å². The van der Waals surface area contributed by atoms with E-state index in [0.717, 1.165) is 24.1 Å². The van der Waals surface area contributed by atoms with Gasteiger partial charge in [0.2, 0.25) is 5.88 Å². The van der Waals surface area contributed by atoms with Gasteiger partial charge in [0.25, 0.3) is 0 Å². The Morgan fingerprint density at radius 1 is 1.50 bits per heavy atom. The smallest absolute Gasteiger partial charge is 0.227 e. The first-order valence-corrected chi connectivity index (χ1v) is 6.31. The van der Waals surface area contributed by atoms with E-state index in [1.165, 1.54) is 19.2 Å². The molecule has 0 spiro atoms. The molecule has 1 N–H and O–H groups in total. The summed E-state index contributed by atoms with van der Waals surface area (Å²) in [4.78, 5) is 8.39. The van der Waals surface area contributed by atoms with E-state index in [1.807, 2.05) is 7.05 Å². The highest BCUT2D eigenvalue weighted by Gasteiger charge is 2.15. The highest BCUT2D eigenvalue weighted by atomic mass is 16.5. The van der Waals surface area contributed by atoms with Crippen molar-refractivity contribution in [2.45, 2.75) is 12.8 Å². The van der Waals surface area contributed by atoms with Crippen LogP contribution in [-0.4, -0.2) is 39.4 Å². The molecule has 0 amide bonds. The van der Waals surface area contributed by atoms with E-state index in [0.29, 0.717) is 18.4 Å². The summed E-state index contributed by atoms with van der Waals surface area (Å²) in [5.74, 6) is 1.21. The molecule has 6 nitrogen and oxygen atoms in total. The summed E-state index contributed by atoms with van der Waals surface area (Å²) in [6, 6.07) is 0. The summed E-state index contributed by atoms with van der Waals surface area (Å²) in [6.45, 7) is 2.85. The number of piperidine rings is 1. The first-order chi connectivity index (χ1) is 8.84. The monoisotopic (exact) mass is 247 g/mol.